The van der Waals surface area contributed by atoms with E-state index < -0.39 is 11.9 Å². The van der Waals surface area contributed by atoms with Gasteiger partial charge in [-0.15, -0.1) is 0 Å². The van der Waals surface area contributed by atoms with Crippen molar-refractivity contribution in [2.75, 3.05) is 19.6 Å². The minimum absolute atomic E-state index is 0.418. The van der Waals surface area contributed by atoms with Crippen LogP contribution < -0.4 is 5.32 Å². The number of hydrogen-bond donors (Lipinski definition) is 1. The Balaban J connectivity index is 1.98. The molecule has 1 aromatic heterocycles. The number of aromatic nitrogens is 1. The van der Waals surface area contributed by atoms with Gasteiger partial charge in [0.1, 0.15) is 5.69 Å². The van der Waals surface area contributed by atoms with E-state index >= 15 is 0 Å². The largest absolute Gasteiger partial charge is 0.433 e. The predicted octanol–water partition coefficient (Wildman–Crippen LogP) is 1.89. The molecule has 0 unspecified atom stereocenters. The van der Waals surface area contributed by atoms with Gasteiger partial charge in [-0.2, -0.15) is 13.2 Å². The number of halogens is 3. The molecular weight excluding hydrogens is 243 g/mol. The molecule has 0 aliphatic carbocycles. The summed E-state index contributed by atoms with van der Waals surface area (Å²) in [6.45, 7) is 5.47. The lowest BCUT2D eigenvalue weighted by Gasteiger charge is -2.31. The zero-order chi connectivity index (χ0) is 13.2. The minimum atomic E-state index is -4.36. The minimum Gasteiger partial charge on any atom is -0.312 e. The predicted molar refractivity (Wildman–Crippen MR) is 62.0 cm³/mol. The second-order valence-electron chi connectivity index (χ2n) is 4.64. The van der Waals surface area contributed by atoms with Crippen molar-refractivity contribution >= 4 is 0 Å². The first-order valence-electron chi connectivity index (χ1n) is 5.93. The van der Waals surface area contributed by atoms with E-state index in [1.54, 1.807) is 0 Å². The maximum atomic E-state index is 12.3. The highest BCUT2D eigenvalue weighted by atomic mass is 19.4. The van der Waals surface area contributed by atoms with Crippen LogP contribution in [0.4, 0.5) is 13.2 Å². The molecule has 1 saturated heterocycles. The quantitative estimate of drug-likeness (QED) is 0.879. The first-order valence-corrected chi connectivity index (χ1v) is 5.93. The highest BCUT2D eigenvalue weighted by Crippen LogP contribution is 2.27. The first kappa shape index (κ1) is 13.3. The van der Waals surface area contributed by atoms with Crippen LogP contribution in [-0.2, 0) is 12.7 Å². The average molecular weight is 259 g/mol. The molecule has 1 aliphatic rings. The molecule has 1 aromatic rings. The van der Waals surface area contributed by atoms with Crippen molar-refractivity contribution < 1.29 is 13.2 Å². The molecule has 100 valence electrons. The molecule has 1 aliphatic heterocycles. The van der Waals surface area contributed by atoms with Gasteiger partial charge in [0.15, 0.2) is 0 Å². The van der Waals surface area contributed by atoms with Crippen LogP contribution in [-0.4, -0.2) is 35.6 Å². The highest BCUT2D eigenvalue weighted by molar-refractivity contribution is 5.16. The van der Waals surface area contributed by atoms with Gasteiger partial charge in [-0.1, -0.05) is 6.07 Å². The van der Waals surface area contributed by atoms with Crippen LogP contribution in [0.3, 0.4) is 0 Å². The number of hydrogen-bond acceptors (Lipinski definition) is 3. The van der Waals surface area contributed by atoms with Crippen molar-refractivity contribution in [3.05, 3.63) is 29.6 Å². The molecule has 1 fully saturated rings. The van der Waals surface area contributed by atoms with Crippen LogP contribution in [0.25, 0.3) is 0 Å². The SMILES string of the molecule is C[C@@H]1CN(Cc2ccc(C(F)(F)F)nc2)CCN1. The summed E-state index contributed by atoms with van der Waals surface area (Å²) in [6, 6.07) is 2.96. The summed E-state index contributed by atoms with van der Waals surface area (Å²) in [6.07, 6.45) is -3.04. The van der Waals surface area contributed by atoms with Crippen LogP contribution in [0.1, 0.15) is 18.2 Å². The molecule has 0 aromatic carbocycles. The zero-order valence-corrected chi connectivity index (χ0v) is 10.2. The Labute approximate surface area is 104 Å². The van der Waals surface area contributed by atoms with Crippen LogP contribution in [0.2, 0.25) is 0 Å². The molecule has 18 heavy (non-hydrogen) atoms. The van der Waals surface area contributed by atoms with E-state index in [1.165, 1.54) is 12.3 Å². The fraction of sp³-hybridized carbons (Fsp3) is 0.583. The van der Waals surface area contributed by atoms with E-state index in [1.807, 2.05) is 0 Å². The third-order valence-electron chi connectivity index (χ3n) is 2.97. The smallest absolute Gasteiger partial charge is 0.312 e. The number of piperazine rings is 1. The lowest BCUT2D eigenvalue weighted by atomic mass is 10.2. The van der Waals surface area contributed by atoms with E-state index in [4.69, 9.17) is 0 Å². The number of nitrogens with zero attached hydrogens (tertiary/aromatic N) is 2. The van der Waals surface area contributed by atoms with Crippen molar-refractivity contribution in [2.45, 2.75) is 25.7 Å². The van der Waals surface area contributed by atoms with Gasteiger partial charge < -0.3 is 5.32 Å². The maximum Gasteiger partial charge on any atom is 0.433 e. The van der Waals surface area contributed by atoms with Gasteiger partial charge in [0, 0.05) is 38.4 Å². The molecule has 2 rings (SSSR count). The van der Waals surface area contributed by atoms with Gasteiger partial charge in [0.25, 0.3) is 0 Å². The topological polar surface area (TPSA) is 28.2 Å². The molecule has 0 radical (unpaired) electrons. The Morgan fingerprint density at radius 3 is 2.78 bits per heavy atom. The van der Waals surface area contributed by atoms with E-state index in [0.717, 1.165) is 31.3 Å². The lowest BCUT2D eigenvalue weighted by molar-refractivity contribution is -0.141. The summed E-state index contributed by atoms with van der Waals surface area (Å²) >= 11 is 0. The fourth-order valence-electron chi connectivity index (χ4n) is 2.10. The monoisotopic (exact) mass is 259 g/mol. The second-order valence-corrected chi connectivity index (χ2v) is 4.64. The van der Waals surface area contributed by atoms with Crippen molar-refractivity contribution in [3.8, 4) is 0 Å². The Kier molecular flexibility index (Phi) is 3.87. The number of alkyl halides is 3. The summed E-state index contributed by atoms with van der Waals surface area (Å²) in [5, 5.41) is 3.32. The summed E-state index contributed by atoms with van der Waals surface area (Å²) in [7, 11) is 0. The Morgan fingerprint density at radius 2 is 2.22 bits per heavy atom. The molecule has 0 spiro atoms. The van der Waals surface area contributed by atoms with Gasteiger partial charge in [0.2, 0.25) is 0 Å². The number of rotatable bonds is 2. The van der Waals surface area contributed by atoms with Crippen molar-refractivity contribution in [1.29, 1.82) is 0 Å². The molecule has 0 bridgehead atoms. The number of nitrogens with one attached hydrogen (secondary N) is 1. The van der Waals surface area contributed by atoms with E-state index in [0.29, 0.717) is 12.6 Å². The van der Waals surface area contributed by atoms with Gasteiger partial charge in [-0.3, -0.25) is 9.88 Å². The Hall–Kier alpha value is -1.14. The van der Waals surface area contributed by atoms with E-state index in [9.17, 15) is 13.2 Å². The van der Waals surface area contributed by atoms with Crippen LogP contribution in [0, 0.1) is 0 Å². The lowest BCUT2D eigenvalue weighted by Crippen LogP contribution is -2.48. The van der Waals surface area contributed by atoms with E-state index in [-0.39, 0.29) is 0 Å². The van der Waals surface area contributed by atoms with Crippen LogP contribution in [0.5, 0.6) is 0 Å². The summed E-state index contributed by atoms with van der Waals surface area (Å²) in [5.41, 5.74) is -0.0166. The third-order valence-corrected chi connectivity index (χ3v) is 2.97. The van der Waals surface area contributed by atoms with Crippen molar-refractivity contribution in [1.82, 2.24) is 15.2 Å². The maximum absolute atomic E-state index is 12.3. The molecule has 1 atom stereocenters. The first-order chi connectivity index (χ1) is 8.45. The van der Waals surface area contributed by atoms with Crippen LogP contribution >= 0.6 is 0 Å². The average Bonchev–Trinajstić information content (AvgIpc) is 2.28. The molecule has 0 saturated carbocycles. The molecule has 2 heterocycles. The van der Waals surface area contributed by atoms with Gasteiger partial charge in [-0.25, -0.2) is 0 Å². The third kappa shape index (κ3) is 3.43. The Bertz CT molecular complexity index is 389. The second kappa shape index (κ2) is 5.24. The molecule has 6 heteroatoms. The Morgan fingerprint density at radius 1 is 1.44 bits per heavy atom. The van der Waals surface area contributed by atoms with Crippen LogP contribution in [0.15, 0.2) is 18.3 Å². The number of pyridine rings is 1. The summed E-state index contributed by atoms with van der Waals surface area (Å²) in [4.78, 5) is 5.68. The zero-order valence-electron chi connectivity index (χ0n) is 10.2. The molecular formula is C12H16F3N3. The highest BCUT2D eigenvalue weighted by Gasteiger charge is 2.32. The molecule has 0 amide bonds. The van der Waals surface area contributed by atoms with Gasteiger partial charge in [-0.05, 0) is 18.6 Å². The van der Waals surface area contributed by atoms with Gasteiger partial charge in [0.05, 0.1) is 0 Å². The summed E-state index contributed by atoms with van der Waals surface area (Å²) < 4.78 is 37.0. The normalized spacial score (nSPS) is 22.1. The molecule has 1 N–H and O–H groups in total. The van der Waals surface area contributed by atoms with E-state index in [2.05, 4.69) is 22.1 Å². The standard InChI is InChI=1S/C12H16F3N3/c1-9-7-18(5-4-16-9)8-10-2-3-11(17-6-10)12(13,14)15/h2-3,6,9,16H,4-5,7-8H2,1H3/t9-/m1/s1. The van der Waals surface area contributed by atoms with Gasteiger partial charge >= 0.3 is 6.18 Å². The molecule has 3 nitrogen and oxygen atoms in total. The summed E-state index contributed by atoms with van der Waals surface area (Å²) in [5.74, 6) is 0. The fourth-order valence-corrected chi connectivity index (χ4v) is 2.10. The van der Waals surface area contributed by atoms with Crippen molar-refractivity contribution in [2.24, 2.45) is 0 Å². The van der Waals surface area contributed by atoms with Crippen molar-refractivity contribution in [3.63, 3.8) is 0 Å².